The molecular weight excluding hydrogens is 436 g/mol. The van der Waals surface area contributed by atoms with Crippen LogP contribution in [0.4, 0.5) is 5.82 Å². The average Bonchev–Trinajstić information content (AvgIpc) is 3.23. The Balaban J connectivity index is 1.47. The molecule has 0 aliphatic carbocycles. The highest BCUT2D eigenvalue weighted by Crippen LogP contribution is 2.24. The summed E-state index contributed by atoms with van der Waals surface area (Å²) in [5, 5.41) is 19.7. The molecule has 0 bridgehead atoms. The van der Waals surface area contributed by atoms with Crippen molar-refractivity contribution in [3.05, 3.63) is 102 Å². The summed E-state index contributed by atoms with van der Waals surface area (Å²) in [6, 6.07) is 22.5. The van der Waals surface area contributed by atoms with E-state index >= 15 is 0 Å². The maximum atomic E-state index is 13.3. The van der Waals surface area contributed by atoms with Gasteiger partial charge in [-0.2, -0.15) is 10.4 Å². The standard InChI is InChI=1S/C28H28N6O/c1-19(22-11-9-21(15-29)10-12-22)16-31-27(23-7-5-4-6-8-23)28(35)33-26-14-13-24(17-30-26)25-18-32-34(3)20(25)2/h4-14,17-19,27,31H,16H2,1-3H3,(H,30,33,35)/t19-,27?/m1/s1. The van der Waals surface area contributed by atoms with Gasteiger partial charge < -0.3 is 10.6 Å². The first-order chi connectivity index (χ1) is 17.0. The fourth-order valence-corrected chi connectivity index (χ4v) is 3.91. The van der Waals surface area contributed by atoms with E-state index < -0.39 is 6.04 Å². The predicted octanol–water partition coefficient (Wildman–Crippen LogP) is 4.74. The summed E-state index contributed by atoms with van der Waals surface area (Å²) >= 11 is 0. The van der Waals surface area contributed by atoms with E-state index in [1.54, 1.807) is 12.3 Å². The Morgan fingerprint density at radius 3 is 2.37 bits per heavy atom. The number of amides is 1. The number of nitriles is 1. The molecule has 7 heteroatoms. The van der Waals surface area contributed by atoms with Crippen molar-refractivity contribution < 1.29 is 4.79 Å². The van der Waals surface area contributed by atoms with E-state index in [1.165, 1.54) is 0 Å². The van der Waals surface area contributed by atoms with E-state index in [-0.39, 0.29) is 11.8 Å². The number of aromatic nitrogens is 3. The second kappa shape index (κ2) is 10.8. The van der Waals surface area contributed by atoms with Crippen molar-refractivity contribution in [3.63, 3.8) is 0 Å². The van der Waals surface area contributed by atoms with Crippen molar-refractivity contribution in [2.45, 2.75) is 25.8 Å². The van der Waals surface area contributed by atoms with Gasteiger partial charge in [-0.1, -0.05) is 49.4 Å². The number of carbonyl (C=O) groups excluding carboxylic acids is 1. The third-order valence-corrected chi connectivity index (χ3v) is 6.19. The zero-order valence-corrected chi connectivity index (χ0v) is 20.1. The SMILES string of the molecule is Cc1c(-c2ccc(NC(=O)C(NC[C@@H](C)c3ccc(C#N)cc3)c3ccccc3)nc2)cnn1C. The number of hydrogen-bond acceptors (Lipinski definition) is 5. The van der Waals surface area contributed by atoms with Gasteiger partial charge in [0.05, 0.1) is 17.8 Å². The van der Waals surface area contributed by atoms with Crippen LogP contribution in [-0.2, 0) is 11.8 Å². The molecule has 2 heterocycles. The maximum absolute atomic E-state index is 13.3. The summed E-state index contributed by atoms with van der Waals surface area (Å²) in [5.41, 5.74) is 5.62. The molecule has 2 atom stereocenters. The number of benzene rings is 2. The summed E-state index contributed by atoms with van der Waals surface area (Å²) in [6.45, 7) is 4.69. The molecule has 0 aliphatic rings. The van der Waals surface area contributed by atoms with E-state index in [1.807, 2.05) is 85.5 Å². The third-order valence-electron chi connectivity index (χ3n) is 6.19. The van der Waals surface area contributed by atoms with Gasteiger partial charge in [-0.25, -0.2) is 4.98 Å². The van der Waals surface area contributed by atoms with Crippen LogP contribution < -0.4 is 10.6 Å². The quantitative estimate of drug-likeness (QED) is 0.393. The van der Waals surface area contributed by atoms with E-state index in [0.717, 1.165) is 27.9 Å². The fraction of sp³-hybridized carbons (Fsp3) is 0.214. The predicted molar refractivity (Wildman–Crippen MR) is 137 cm³/mol. The van der Waals surface area contributed by atoms with Crippen LogP contribution in [0.5, 0.6) is 0 Å². The lowest BCUT2D eigenvalue weighted by Crippen LogP contribution is -2.35. The molecular formula is C28H28N6O. The summed E-state index contributed by atoms with van der Waals surface area (Å²) in [7, 11) is 1.90. The molecule has 0 aliphatic heterocycles. The first-order valence-corrected chi connectivity index (χ1v) is 11.5. The first-order valence-electron chi connectivity index (χ1n) is 11.5. The Kier molecular flexibility index (Phi) is 7.34. The van der Waals surface area contributed by atoms with E-state index in [2.05, 4.69) is 33.7 Å². The Hall–Kier alpha value is -4.28. The Morgan fingerprint density at radius 2 is 1.77 bits per heavy atom. The van der Waals surface area contributed by atoms with Crippen LogP contribution in [0.1, 0.15) is 41.3 Å². The number of carbonyl (C=O) groups is 1. The van der Waals surface area contributed by atoms with Gasteiger partial charge in [0.25, 0.3) is 0 Å². The van der Waals surface area contributed by atoms with Gasteiger partial charge in [-0.05, 0) is 48.2 Å². The van der Waals surface area contributed by atoms with Crippen LogP contribution in [0.3, 0.4) is 0 Å². The van der Waals surface area contributed by atoms with Gasteiger partial charge in [0.1, 0.15) is 11.9 Å². The minimum absolute atomic E-state index is 0.155. The average molecular weight is 465 g/mol. The monoisotopic (exact) mass is 464 g/mol. The second-order valence-electron chi connectivity index (χ2n) is 8.58. The molecule has 2 aromatic heterocycles. The van der Waals surface area contributed by atoms with Crippen LogP contribution >= 0.6 is 0 Å². The van der Waals surface area contributed by atoms with Gasteiger partial charge >= 0.3 is 0 Å². The van der Waals surface area contributed by atoms with Gasteiger partial charge in [-0.15, -0.1) is 0 Å². The first kappa shape index (κ1) is 23.9. The molecule has 4 aromatic rings. The normalized spacial score (nSPS) is 12.5. The van der Waals surface area contributed by atoms with Crippen LogP contribution in [0.2, 0.25) is 0 Å². The van der Waals surface area contributed by atoms with Crippen molar-refractivity contribution in [2.75, 3.05) is 11.9 Å². The molecule has 2 aromatic carbocycles. The number of pyridine rings is 1. The zero-order valence-electron chi connectivity index (χ0n) is 20.1. The van der Waals surface area contributed by atoms with E-state index in [0.29, 0.717) is 17.9 Å². The lowest BCUT2D eigenvalue weighted by Gasteiger charge is -2.21. The number of hydrogen-bond donors (Lipinski definition) is 2. The smallest absolute Gasteiger partial charge is 0.247 e. The Bertz CT molecular complexity index is 1320. The van der Waals surface area contributed by atoms with Crippen molar-refractivity contribution in [3.8, 4) is 17.2 Å². The Labute approximate surface area is 205 Å². The van der Waals surface area contributed by atoms with Crippen LogP contribution in [-0.4, -0.2) is 27.2 Å². The van der Waals surface area contributed by atoms with E-state index in [4.69, 9.17) is 5.26 Å². The number of nitrogens with one attached hydrogen (secondary N) is 2. The highest BCUT2D eigenvalue weighted by atomic mass is 16.2. The van der Waals surface area contributed by atoms with Crippen LogP contribution in [0.25, 0.3) is 11.1 Å². The lowest BCUT2D eigenvalue weighted by atomic mass is 9.98. The lowest BCUT2D eigenvalue weighted by molar-refractivity contribution is -0.118. The topological polar surface area (TPSA) is 95.6 Å². The number of rotatable bonds is 8. The molecule has 2 N–H and O–H groups in total. The Morgan fingerprint density at radius 1 is 1.03 bits per heavy atom. The molecule has 4 rings (SSSR count). The zero-order chi connectivity index (χ0) is 24.8. The van der Waals surface area contributed by atoms with Gasteiger partial charge in [-0.3, -0.25) is 9.48 Å². The fourth-order valence-electron chi connectivity index (χ4n) is 3.91. The summed E-state index contributed by atoms with van der Waals surface area (Å²) in [5.74, 6) is 0.464. The summed E-state index contributed by atoms with van der Waals surface area (Å²) < 4.78 is 1.82. The minimum atomic E-state index is -0.543. The van der Waals surface area contributed by atoms with Crippen LogP contribution in [0.15, 0.2) is 79.1 Å². The molecule has 0 fully saturated rings. The second-order valence-corrected chi connectivity index (χ2v) is 8.58. The maximum Gasteiger partial charge on any atom is 0.247 e. The molecule has 1 amide bonds. The molecule has 1 unspecified atom stereocenters. The van der Waals surface area contributed by atoms with Crippen molar-refractivity contribution in [1.29, 1.82) is 5.26 Å². The van der Waals surface area contributed by atoms with Crippen molar-refractivity contribution >= 4 is 11.7 Å². The molecule has 176 valence electrons. The number of anilines is 1. The highest BCUT2D eigenvalue weighted by Gasteiger charge is 2.22. The third kappa shape index (κ3) is 5.62. The number of aryl methyl sites for hydroxylation is 1. The highest BCUT2D eigenvalue weighted by molar-refractivity contribution is 5.95. The van der Waals surface area contributed by atoms with Crippen LogP contribution in [0, 0.1) is 18.3 Å². The van der Waals surface area contributed by atoms with Gasteiger partial charge in [0, 0.05) is 36.6 Å². The molecule has 35 heavy (non-hydrogen) atoms. The molecule has 0 spiro atoms. The molecule has 0 radical (unpaired) electrons. The van der Waals surface area contributed by atoms with Gasteiger partial charge in [0.2, 0.25) is 5.91 Å². The summed E-state index contributed by atoms with van der Waals surface area (Å²) in [4.78, 5) is 17.8. The van der Waals surface area contributed by atoms with E-state index in [9.17, 15) is 4.79 Å². The van der Waals surface area contributed by atoms with Crippen molar-refractivity contribution in [1.82, 2.24) is 20.1 Å². The van der Waals surface area contributed by atoms with Crippen molar-refractivity contribution in [2.24, 2.45) is 7.05 Å². The summed E-state index contributed by atoms with van der Waals surface area (Å²) in [6.07, 6.45) is 3.56. The number of nitrogens with zero attached hydrogens (tertiary/aromatic N) is 4. The molecule has 7 nitrogen and oxygen atoms in total. The van der Waals surface area contributed by atoms with Gasteiger partial charge in [0.15, 0.2) is 0 Å². The molecule has 0 saturated carbocycles. The minimum Gasteiger partial charge on any atom is -0.309 e. The molecule has 0 saturated heterocycles. The largest absolute Gasteiger partial charge is 0.309 e.